The number of nitrogens with zero attached hydrogens (tertiary/aromatic N) is 1. The monoisotopic (exact) mass is 340 g/mol. The molecule has 5 nitrogen and oxygen atoms in total. The van der Waals surface area contributed by atoms with Crippen LogP contribution in [0.15, 0.2) is 24.5 Å². The zero-order valence-corrected chi connectivity index (χ0v) is 14.2. The van der Waals surface area contributed by atoms with Crippen LogP contribution in [0.2, 0.25) is 0 Å². The van der Waals surface area contributed by atoms with Crippen molar-refractivity contribution in [3.63, 3.8) is 0 Å². The molecule has 22 heavy (non-hydrogen) atoms. The molecule has 1 unspecified atom stereocenters. The fraction of sp³-hybridized carbons (Fsp3) is 0.533. The highest BCUT2D eigenvalue weighted by Gasteiger charge is 2.44. The molecular weight excluding hydrogens is 320 g/mol. The third kappa shape index (κ3) is 3.52. The Labute approximate surface area is 138 Å². The van der Waals surface area contributed by atoms with Crippen molar-refractivity contribution in [3.8, 4) is 0 Å². The van der Waals surface area contributed by atoms with E-state index in [1.54, 1.807) is 12.4 Å². The lowest BCUT2D eigenvalue weighted by Gasteiger charge is -2.37. The quantitative estimate of drug-likeness (QED) is 0.650. The summed E-state index contributed by atoms with van der Waals surface area (Å²) in [5.41, 5.74) is 0.878. The van der Waals surface area contributed by atoms with Crippen LogP contribution >= 0.6 is 12.2 Å². The lowest BCUT2D eigenvalue weighted by molar-refractivity contribution is -0.140. The van der Waals surface area contributed by atoms with Gasteiger partial charge in [-0.3, -0.25) is 14.0 Å². The van der Waals surface area contributed by atoms with Crippen molar-refractivity contribution in [3.05, 3.63) is 30.1 Å². The van der Waals surface area contributed by atoms with Gasteiger partial charge in [-0.25, -0.2) is 0 Å². The van der Waals surface area contributed by atoms with E-state index in [1.807, 2.05) is 12.1 Å². The topological polar surface area (TPSA) is 68.3 Å². The molecule has 1 fully saturated rings. The number of pyridine rings is 1. The second kappa shape index (κ2) is 7.78. The Morgan fingerprint density at radius 3 is 3.00 bits per heavy atom. The van der Waals surface area contributed by atoms with E-state index < -0.39 is 15.5 Å². The molecule has 0 aromatic carbocycles. The Kier molecular flexibility index (Phi) is 6.02. The number of carbonyl (C=O) groups excluding carboxylic acids is 1. The predicted octanol–water partition coefficient (Wildman–Crippen LogP) is 1.69. The molecule has 2 heterocycles. The minimum Gasteiger partial charge on any atom is -0.469 e. The number of methoxy groups -OCH3 is 1. The van der Waals surface area contributed by atoms with Crippen LogP contribution in [0, 0.1) is 0 Å². The van der Waals surface area contributed by atoms with E-state index in [4.69, 9.17) is 12.2 Å². The lowest BCUT2D eigenvalue weighted by atomic mass is 9.92. The Morgan fingerprint density at radius 1 is 1.55 bits per heavy atom. The zero-order chi connectivity index (χ0) is 16.0. The number of aromatic nitrogens is 1. The van der Waals surface area contributed by atoms with E-state index in [-0.39, 0.29) is 12.4 Å². The number of rotatable bonds is 5. The Bertz CT molecular complexity index is 565. The van der Waals surface area contributed by atoms with Gasteiger partial charge in [0.2, 0.25) is 0 Å². The van der Waals surface area contributed by atoms with Gasteiger partial charge >= 0.3 is 5.97 Å². The number of thiocarbonyl (C=S) groups is 1. The van der Waals surface area contributed by atoms with Gasteiger partial charge in [0, 0.05) is 35.5 Å². The van der Waals surface area contributed by atoms with Gasteiger partial charge in [-0.15, -0.1) is 0 Å². The van der Waals surface area contributed by atoms with Crippen LogP contribution in [0.3, 0.4) is 0 Å². The number of esters is 1. The van der Waals surface area contributed by atoms with Crippen molar-refractivity contribution in [2.45, 2.75) is 30.4 Å². The summed E-state index contributed by atoms with van der Waals surface area (Å²) in [7, 11) is 0.262. The van der Waals surface area contributed by atoms with E-state index in [0.29, 0.717) is 17.3 Å². The molecule has 7 heteroatoms. The molecule has 0 bridgehead atoms. The maximum Gasteiger partial charge on any atom is 0.307 e. The molecule has 1 saturated heterocycles. The van der Waals surface area contributed by atoms with E-state index in [1.165, 1.54) is 7.11 Å². The smallest absolute Gasteiger partial charge is 0.307 e. The van der Waals surface area contributed by atoms with E-state index in [0.717, 1.165) is 24.8 Å². The predicted molar refractivity (Wildman–Crippen MR) is 90.0 cm³/mol. The lowest BCUT2D eigenvalue weighted by Crippen LogP contribution is -2.49. The van der Waals surface area contributed by atoms with Gasteiger partial charge < -0.3 is 10.1 Å². The molecule has 1 N–H and O–H groups in total. The number of hydrogen-bond donors (Lipinski definition) is 1. The molecule has 0 aliphatic carbocycles. The molecular formula is C15H20N2O3S2. The first-order chi connectivity index (χ1) is 10.6. The third-order valence-corrected chi connectivity index (χ3v) is 6.54. The summed E-state index contributed by atoms with van der Waals surface area (Å²) in [6, 6.07) is 3.75. The van der Waals surface area contributed by atoms with E-state index in [2.05, 4.69) is 15.0 Å². The molecule has 1 aromatic heterocycles. The second-order valence-corrected chi connectivity index (χ2v) is 7.36. The Hall–Kier alpha value is -1.34. The summed E-state index contributed by atoms with van der Waals surface area (Å²) in [5, 5.41) is 3.10. The SMILES string of the molecule is COC(=O)CCNC(=S)[C@]1(c2cccnc2)CCCCS1=O. The molecule has 120 valence electrons. The molecule has 0 amide bonds. The summed E-state index contributed by atoms with van der Waals surface area (Å²) in [4.78, 5) is 15.9. The van der Waals surface area contributed by atoms with Crippen molar-refractivity contribution >= 4 is 34.0 Å². The Balaban J connectivity index is 2.20. The van der Waals surface area contributed by atoms with Crippen molar-refractivity contribution in [1.82, 2.24) is 10.3 Å². The minimum absolute atomic E-state index is 0.229. The van der Waals surface area contributed by atoms with Gasteiger partial charge in [0.25, 0.3) is 0 Å². The third-order valence-electron chi connectivity index (χ3n) is 3.83. The van der Waals surface area contributed by atoms with Gasteiger partial charge in [-0.05, 0) is 24.5 Å². The first-order valence-corrected chi connectivity index (χ1v) is 8.98. The van der Waals surface area contributed by atoms with Gasteiger partial charge in [-0.2, -0.15) is 0 Å². The molecule has 1 aliphatic rings. The highest BCUT2D eigenvalue weighted by molar-refractivity contribution is 7.90. The average Bonchev–Trinajstić information content (AvgIpc) is 2.56. The van der Waals surface area contributed by atoms with Gasteiger partial charge in [0.1, 0.15) is 4.75 Å². The summed E-state index contributed by atoms with van der Waals surface area (Å²) < 4.78 is 16.7. The maximum absolute atomic E-state index is 12.8. The fourth-order valence-electron chi connectivity index (χ4n) is 2.64. The van der Waals surface area contributed by atoms with Crippen LogP contribution in [0.5, 0.6) is 0 Å². The largest absolute Gasteiger partial charge is 0.469 e. The van der Waals surface area contributed by atoms with Gasteiger partial charge in [0.05, 0.1) is 18.5 Å². The Morgan fingerprint density at radius 2 is 2.36 bits per heavy atom. The summed E-state index contributed by atoms with van der Waals surface area (Å²) >= 11 is 5.55. The molecule has 0 spiro atoms. The minimum atomic E-state index is -1.09. The highest BCUT2D eigenvalue weighted by atomic mass is 32.2. The summed E-state index contributed by atoms with van der Waals surface area (Å²) in [5.74, 6) is 0.337. The van der Waals surface area contributed by atoms with Crippen LogP contribution in [0.1, 0.15) is 31.2 Å². The van der Waals surface area contributed by atoms with Crippen molar-refractivity contribution in [2.75, 3.05) is 19.4 Å². The normalized spacial score (nSPS) is 24.5. The van der Waals surface area contributed by atoms with Crippen LogP contribution < -0.4 is 5.32 Å². The maximum atomic E-state index is 12.8. The van der Waals surface area contributed by atoms with Crippen molar-refractivity contribution in [1.29, 1.82) is 0 Å². The first kappa shape index (κ1) is 17.0. The van der Waals surface area contributed by atoms with E-state index >= 15 is 0 Å². The van der Waals surface area contributed by atoms with Crippen LogP contribution in [0.4, 0.5) is 0 Å². The standard InChI is InChI=1S/C15H20N2O3S2/c1-20-13(18)6-9-17-14(21)15(7-2-3-10-22(15)19)12-5-4-8-16-11-12/h4-5,8,11H,2-3,6-7,9-10H2,1H3,(H,17,21)/t15-,22?/m1/s1. The molecule has 0 saturated carbocycles. The number of hydrogen-bond acceptors (Lipinski definition) is 5. The fourth-order valence-corrected chi connectivity index (χ4v) is 5.09. The average molecular weight is 340 g/mol. The molecule has 0 radical (unpaired) electrons. The molecule has 2 atom stereocenters. The summed E-state index contributed by atoms with van der Waals surface area (Å²) in [6.45, 7) is 0.380. The number of carbonyl (C=O) groups is 1. The number of ether oxygens (including phenoxy) is 1. The van der Waals surface area contributed by atoms with Gasteiger partial charge in [-0.1, -0.05) is 24.7 Å². The molecule has 1 aromatic rings. The van der Waals surface area contributed by atoms with Crippen LogP contribution in [0.25, 0.3) is 0 Å². The highest BCUT2D eigenvalue weighted by Crippen LogP contribution is 2.38. The van der Waals surface area contributed by atoms with E-state index in [9.17, 15) is 9.00 Å². The van der Waals surface area contributed by atoms with Crippen LogP contribution in [-0.2, 0) is 25.1 Å². The zero-order valence-electron chi connectivity index (χ0n) is 12.5. The first-order valence-electron chi connectivity index (χ1n) is 7.25. The van der Waals surface area contributed by atoms with Gasteiger partial charge in [0.15, 0.2) is 0 Å². The number of nitrogens with one attached hydrogen (secondary N) is 1. The molecule has 2 rings (SSSR count). The second-order valence-electron chi connectivity index (χ2n) is 5.16. The molecule has 1 aliphatic heterocycles. The summed E-state index contributed by atoms with van der Waals surface area (Å²) in [6.07, 6.45) is 6.30. The van der Waals surface area contributed by atoms with Crippen LogP contribution in [-0.4, -0.2) is 39.6 Å². The van der Waals surface area contributed by atoms with Crippen molar-refractivity contribution in [2.24, 2.45) is 0 Å². The van der Waals surface area contributed by atoms with Crippen molar-refractivity contribution < 1.29 is 13.7 Å².